The van der Waals surface area contributed by atoms with Gasteiger partial charge in [0.15, 0.2) is 0 Å². The summed E-state index contributed by atoms with van der Waals surface area (Å²) in [4.78, 5) is 24.9. The number of hydrogen-bond acceptors (Lipinski definition) is 3. The van der Waals surface area contributed by atoms with Gasteiger partial charge < -0.3 is 4.90 Å². The first-order valence-electron chi connectivity index (χ1n) is 6.79. The van der Waals surface area contributed by atoms with E-state index in [0.29, 0.717) is 6.54 Å². The summed E-state index contributed by atoms with van der Waals surface area (Å²) in [7, 11) is 0. The number of carbonyl (C=O) groups excluding carboxylic acids is 1. The third-order valence-corrected chi connectivity index (χ3v) is 3.98. The molecule has 1 aliphatic rings. The van der Waals surface area contributed by atoms with Crippen LogP contribution >= 0.6 is 11.6 Å². The molecule has 1 amide bonds. The van der Waals surface area contributed by atoms with E-state index in [1.807, 2.05) is 6.92 Å². The van der Waals surface area contributed by atoms with Crippen molar-refractivity contribution in [2.45, 2.75) is 38.6 Å². The van der Waals surface area contributed by atoms with E-state index in [1.54, 1.807) is 4.90 Å². The monoisotopic (exact) mass is 296 g/mol. The molecule has 0 unspecified atom stereocenters. The largest absolute Gasteiger partial charge is 0.335 e. The van der Waals surface area contributed by atoms with Gasteiger partial charge in [0.05, 0.1) is 4.92 Å². The number of nitro groups is 1. The minimum absolute atomic E-state index is 0.125. The molecular weight excluding hydrogens is 280 g/mol. The van der Waals surface area contributed by atoms with Crippen LogP contribution in [-0.4, -0.2) is 28.3 Å². The molecular formula is C14H17ClN2O3. The summed E-state index contributed by atoms with van der Waals surface area (Å²) < 4.78 is 0. The van der Waals surface area contributed by atoms with Crippen LogP contribution in [0.1, 0.15) is 43.0 Å². The van der Waals surface area contributed by atoms with Gasteiger partial charge in [-0.25, -0.2) is 0 Å². The second-order valence-electron chi connectivity index (χ2n) is 4.97. The molecule has 1 saturated heterocycles. The van der Waals surface area contributed by atoms with Gasteiger partial charge in [0.25, 0.3) is 11.6 Å². The molecule has 0 aliphatic carbocycles. The van der Waals surface area contributed by atoms with Crippen LogP contribution in [0, 0.1) is 10.1 Å². The van der Waals surface area contributed by atoms with E-state index < -0.39 is 4.92 Å². The van der Waals surface area contributed by atoms with Gasteiger partial charge in [0, 0.05) is 23.7 Å². The van der Waals surface area contributed by atoms with Crippen molar-refractivity contribution in [1.29, 1.82) is 0 Å². The Morgan fingerprint density at radius 3 is 2.90 bits per heavy atom. The molecule has 0 N–H and O–H groups in total. The third-order valence-electron chi connectivity index (χ3n) is 3.75. The highest BCUT2D eigenvalue weighted by molar-refractivity contribution is 6.31. The molecule has 1 heterocycles. The van der Waals surface area contributed by atoms with E-state index in [4.69, 9.17) is 11.6 Å². The first-order valence-corrected chi connectivity index (χ1v) is 7.17. The van der Waals surface area contributed by atoms with Crippen LogP contribution in [0.25, 0.3) is 0 Å². The predicted octanol–water partition coefficient (Wildman–Crippen LogP) is 3.65. The van der Waals surface area contributed by atoms with Crippen molar-refractivity contribution in [2.75, 3.05) is 6.54 Å². The topological polar surface area (TPSA) is 63.5 Å². The quantitative estimate of drug-likeness (QED) is 0.631. The van der Waals surface area contributed by atoms with Crippen LogP contribution in [0.3, 0.4) is 0 Å². The summed E-state index contributed by atoms with van der Waals surface area (Å²) in [6, 6.07) is 4.38. The number of carbonyl (C=O) groups is 1. The fraction of sp³-hybridized carbons (Fsp3) is 0.500. The second-order valence-corrected chi connectivity index (χ2v) is 5.41. The fourth-order valence-corrected chi connectivity index (χ4v) is 2.85. The van der Waals surface area contributed by atoms with Crippen molar-refractivity contribution >= 4 is 23.2 Å². The zero-order chi connectivity index (χ0) is 14.7. The molecule has 108 valence electrons. The highest BCUT2D eigenvalue weighted by atomic mass is 35.5. The van der Waals surface area contributed by atoms with E-state index >= 15 is 0 Å². The Bertz CT molecular complexity index is 533. The van der Waals surface area contributed by atoms with Crippen molar-refractivity contribution in [3.8, 4) is 0 Å². The van der Waals surface area contributed by atoms with Gasteiger partial charge >= 0.3 is 0 Å². The van der Waals surface area contributed by atoms with Crippen molar-refractivity contribution in [3.05, 3.63) is 38.9 Å². The summed E-state index contributed by atoms with van der Waals surface area (Å²) in [5.74, 6) is -0.264. The number of halogens is 1. The Morgan fingerprint density at radius 2 is 2.25 bits per heavy atom. The molecule has 0 bridgehead atoms. The minimum Gasteiger partial charge on any atom is -0.335 e. The number of amides is 1. The molecule has 2 rings (SSSR count). The first kappa shape index (κ1) is 14.8. The van der Waals surface area contributed by atoms with E-state index in [-0.39, 0.29) is 28.2 Å². The van der Waals surface area contributed by atoms with Crippen LogP contribution in [0.4, 0.5) is 5.69 Å². The van der Waals surface area contributed by atoms with Gasteiger partial charge in [-0.05, 0) is 37.8 Å². The average molecular weight is 297 g/mol. The lowest BCUT2D eigenvalue weighted by Crippen LogP contribution is -2.43. The van der Waals surface area contributed by atoms with E-state index in [9.17, 15) is 14.9 Å². The fourth-order valence-electron chi connectivity index (χ4n) is 2.68. The number of rotatable bonds is 3. The number of likely N-dealkylation sites (tertiary alicyclic amines) is 1. The maximum atomic E-state index is 12.6. The lowest BCUT2D eigenvalue weighted by molar-refractivity contribution is -0.385. The molecule has 0 spiro atoms. The summed E-state index contributed by atoms with van der Waals surface area (Å²) >= 11 is 5.78. The number of nitrogens with zero attached hydrogens (tertiary/aromatic N) is 2. The van der Waals surface area contributed by atoms with Crippen LogP contribution in [0.2, 0.25) is 5.02 Å². The summed E-state index contributed by atoms with van der Waals surface area (Å²) in [5.41, 5.74) is -0.0947. The molecule has 1 aromatic carbocycles. The van der Waals surface area contributed by atoms with Gasteiger partial charge in [0.1, 0.15) is 5.56 Å². The van der Waals surface area contributed by atoms with Crippen LogP contribution in [0.15, 0.2) is 18.2 Å². The van der Waals surface area contributed by atoms with E-state index in [2.05, 4.69) is 0 Å². The number of nitro benzene ring substituents is 1. The SMILES string of the molecule is CC[C@@H]1CCCCN1C(=O)c1ccc(Cl)cc1[N+](=O)[O-]. The van der Waals surface area contributed by atoms with Gasteiger partial charge in [-0.3, -0.25) is 14.9 Å². The molecule has 1 atom stereocenters. The standard InChI is InChI=1S/C14H17ClN2O3/c1-2-11-5-3-4-8-16(11)14(18)12-7-6-10(15)9-13(12)17(19)20/h6-7,9,11H,2-5,8H2,1H3/t11-/m1/s1. The summed E-state index contributed by atoms with van der Waals surface area (Å²) in [5, 5.41) is 11.4. The van der Waals surface area contributed by atoms with E-state index in [0.717, 1.165) is 25.7 Å². The van der Waals surface area contributed by atoms with Gasteiger partial charge in [-0.2, -0.15) is 0 Å². The van der Waals surface area contributed by atoms with Crippen LogP contribution < -0.4 is 0 Å². The first-order chi connectivity index (χ1) is 9.54. The molecule has 0 saturated carbocycles. The molecule has 1 fully saturated rings. The molecule has 0 radical (unpaired) electrons. The van der Waals surface area contributed by atoms with Gasteiger partial charge in [-0.15, -0.1) is 0 Å². The molecule has 1 aromatic rings. The molecule has 20 heavy (non-hydrogen) atoms. The molecule has 1 aliphatic heterocycles. The lowest BCUT2D eigenvalue weighted by Gasteiger charge is -2.35. The Labute approximate surface area is 122 Å². The smallest absolute Gasteiger partial charge is 0.283 e. The maximum Gasteiger partial charge on any atom is 0.283 e. The third kappa shape index (κ3) is 2.93. The number of benzene rings is 1. The molecule has 0 aromatic heterocycles. The van der Waals surface area contributed by atoms with E-state index in [1.165, 1.54) is 18.2 Å². The molecule has 6 heteroatoms. The summed E-state index contributed by atoms with van der Waals surface area (Å²) in [6.45, 7) is 2.70. The summed E-state index contributed by atoms with van der Waals surface area (Å²) in [6.07, 6.45) is 3.88. The zero-order valence-corrected chi connectivity index (χ0v) is 12.1. The highest BCUT2D eigenvalue weighted by Gasteiger charge is 2.30. The van der Waals surface area contributed by atoms with Crippen molar-refractivity contribution in [2.24, 2.45) is 0 Å². The molecule has 5 nitrogen and oxygen atoms in total. The number of piperidine rings is 1. The predicted molar refractivity (Wildman–Crippen MR) is 77.1 cm³/mol. The Hall–Kier alpha value is -1.62. The Balaban J connectivity index is 2.35. The van der Waals surface area contributed by atoms with Crippen molar-refractivity contribution in [3.63, 3.8) is 0 Å². The lowest BCUT2D eigenvalue weighted by atomic mass is 9.98. The highest BCUT2D eigenvalue weighted by Crippen LogP contribution is 2.28. The maximum absolute atomic E-state index is 12.6. The van der Waals surface area contributed by atoms with Crippen LogP contribution in [0.5, 0.6) is 0 Å². The van der Waals surface area contributed by atoms with Crippen molar-refractivity contribution in [1.82, 2.24) is 4.90 Å². The zero-order valence-electron chi connectivity index (χ0n) is 11.3. The average Bonchev–Trinajstić information content (AvgIpc) is 2.46. The second kappa shape index (κ2) is 6.22. The Kier molecular flexibility index (Phi) is 4.60. The Morgan fingerprint density at radius 1 is 1.50 bits per heavy atom. The number of hydrogen-bond donors (Lipinski definition) is 0. The normalized spacial score (nSPS) is 18.9. The van der Waals surface area contributed by atoms with Crippen molar-refractivity contribution < 1.29 is 9.72 Å². The van der Waals surface area contributed by atoms with Gasteiger partial charge in [-0.1, -0.05) is 18.5 Å². The van der Waals surface area contributed by atoms with Crippen LogP contribution in [-0.2, 0) is 0 Å². The minimum atomic E-state index is -0.552. The van der Waals surface area contributed by atoms with Gasteiger partial charge in [0.2, 0.25) is 0 Å².